The number of benzene rings is 1. The van der Waals surface area contributed by atoms with E-state index in [9.17, 15) is 0 Å². The molecule has 0 heterocycles. The third-order valence-electron chi connectivity index (χ3n) is 1.61. The summed E-state index contributed by atoms with van der Waals surface area (Å²) < 4.78 is 5.87. The molecule has 68 valence electrons. The smallest absolute Gasteiger partial charge is 0.142 e. The number of hydrogen-bond acceptors (Lipinski definition) is 2. The number of halogens is 2. The van der Waals surface area contributed by atoms with Gasteiger partial charge in [0.1, 0.15) is 5.75 Å². The lowest BCUT2D eigenvalue weighted by atomic mass is 10.1. The highest BCUT2D eigenvalue weighted by atomic mass is 79.9. The van der Waals surface area contributed by atoms with Crippen LogP contribution in [0.2, 0.25) is 5.02 Å². The molecule has 0 unspecified atom stereocenters. The molecule has 0 aliphatic heterocycles. The Bertz CT molecular complexity index is 359. The predicted octanol–water partition coefficient (Wildman–Crippen LogP) is 3.18. The van der Waals surface area contributed by atoms with Gasteiger partial charge in [-0.15, -0.1) is 0 Å². The summed E-state index contributed by atoms with van der Waals surface area (Å²) >= 11 is 9.23. The largest absolute Gasteiger partial charge is 0.495 e. The van der Waals surface area contributed by atoms with E-state index in [0.717, 1.165) is 10.0 Å². The highest BCUT2D eigenvalue weighted by Gasteiger charge is 2.10. The number of hydrogen-bond donors (Lipinski definition) is 0. The first kappa shape index (κ1) is 10.4. The molecule has 0 amide bonds. The topological polar surface area (TPSA) is 33.0 Å². The van der Waals surface area contributed by atoms with Crippen LogP contribution in [0.4, 0.5) is 0 Å². The fourth-order valence-corrected chi connectivity index (χ4v) is 1.59. The van der Waals surface area contributed by atoms with Crippen LogP contribution in [0.3, 0.4) is 0 Å². The first-order valence-corrected chi connectivity index (χ1v) is 4.75. The highest BCUT2D eigenvalue weighted by molar-refractivity contribution is 9.10. The molecule has 0 fully saturated rings. The van der Waals surface area contributed by atoms with E-state index < -0.39 is 0 Å². The molecule has 0 atom stereocenters. The van der Waals surface area contributed by atoms with Crippen LogP contribution in [0.25, 0.3) is 0 Å². The molecule has 0 saturated carbocycles. The van der Waals surface area contributed by atoms with E-state index in [1.807, 2.05) is 6.07 Å². The van der Waals surface area contributed by atoms with Crippen molar-refractivity contribution in [1.82, 2.24) is 0 Å². The van der Waals surface area contributed by atoms with Crippen LogP contribution >= 0.6 is 27.5 Å². The summed E-state index contributed by atoms with van der Waals surface area (Å²) in [7, 11) is 1.54. The SMILES string of the molecule is COc1c(CC#N)ccc(Br)c1Cl. The Hall–Kier alpha value is -0.720. The Kier molecular flexibility index (Phi) is 3.58. The van der Waals surface area contributed by atoms with Gasteiger partial charge < -0.3 is 4.74 Å². The van der Waals surface area contributed by atoms with Crippen molar-refractivity contribution >= 4 is 27.5 Å². The fraction of sp³-hybridized carbons (Fsp3) is 0.222. The molecule has 0 N–H and O–H groups in total. The van der Waals surface area contributed by atoms with Crippen molar-refractivity contribution in [2.24, 2.45) is 0 Å². The van der Waals surface area contributed by atoms with Crippen LogP contribution < -0.4 is 4.74 Å². The second-order valence-electron chi connectivity index (χ2n) is 2.39. The van der Waals surface area contributed by atoms with Crippen molar-refractivity contribution in [3.63, 3.8) is 0 Å². The Labute approximate surface area is 90.2 Å². The second-order valence-corrected chi connectivity index (χ2v) is 3.62. The lowest BCUT2D eigenvalue weighted by Gasteiger charge is -2.08. The normalized spacial score (nSPS) is 9.38. The molecule has 0 aliphatic rings. The third kappa shape index (κ3) is 2.15. The van der Waals surface area contributed by atoms with Crippen LogP contribution in [0.1, 0.15) is 5.56 Å². The molecule has 0 bridgehead atoms. The number of methoxy groups -OCH3 is 1. The molecule has 0 spiro atoms. The summed E-state index contributed by atoms with van der Waals surface area (Å²) in [5.41, 5.74) is 0.804. The minimum absolute atomic E-state index is 0.302. The van der Waals surface area contributed by atoms with Crippen LogP contribution in [0.15, 0.2) is 16.6 Å². The van der Waals surface area contributed by atoms with Crippen molar-refractivity contribution in [3.05, 3.63) is 27.2 Å². The monoisotopic (exact) mass is 259 g/mol. The van der Waals surface area contributed by atoms with E-state index in [1.54, 1.807) is 6.07 Å². The lowest BCUT2D eigenvalue weighted by Crippen LogP contribution is -1.92. The summed E-state index contributed by atoms with van der Waals surface area (Å²) in [6, 6.07) is 5.67. The number of ether oxygens (including phenoxy) is 1. The number of rotatable bonds is 2. The maximum absolute atomic E-state index is 8.54. The zero-order chi connectivity index (χ0) is 9.84. The average molecular weight is 261 g/mol. The minimum Gasteiger partial charge on any atom is -0.495 e. The van der Waals surface area contributed by atoms with Gasteiger partial charge in [0, 0.05) is 10.0 Å². The third-order valence-corrected chi connectivity index (χ3v) is 2.87. The van der Waals surface area contributed by atoms with Gasteiger partial charge in [-0.2, -0.15) is 5.26 Å². The van der Waals surface area contributed by atoms with E-state index in [4.69, 9.17) is 21.6 Å². The Morgan fingerprint density at radius 2 is 2.31 bits per heavy atom. The fourth-order valence-electron chi connectivity index (χ4n) is 1.02. The number of nitrogens with zero attached hydrogens (tertiary/aromatic N) is 1. The van der Waals surface area contributed by atoms with Gasteiger partial charge in [-0.05, 0) is 22.0 Å². The molecule has 1 aromatic carbocycles. The Morgan fingerprint density at radius 1 is 1.62 bits per heavy atom. The summed E-state index contributed by atoms with van der Waals surface area (Å²) in [4.78, 5) is 0. The van der Waals surface area contributed by atoms with E-state index in [2.05, 4.69) is 22.0 Å². The van der Waals surface area contributed by atoms with Crippen LogP contribution in [0.5, 0.6) is 5.75 Å². The van der Waals surface area contributed by atoms with E-state index in [-0.39, 0.29) is 0 Å². The minimum atomic E-state index is 0.302. The summed E-state index contributed by atoms with van der Waals surface area (Å²) in [6.07, 6.45) is 0.302. The summed E-state index contributed by atoms with van der Waals surface area (Å²) in [5, 5.41) is 9.05. The quantitative estimate of drug-likeness (QED) is 0.818. The summed E-state index contributed by atoms with van der Waals surface area (Å²) in [6.45, 7) is 0. The molecular formula is C9H7BrClNO. The highest BCUT2D eigenvalue weighted by Crippen LogP contribution is 2.35. The zero-order valence-electron chi connectivity index (χ0n) is 6.97. The second kappa shape index (κ2) is 4.50. The van der Waals surface area contributed by atoms with Gasteiger partial charge in [0.2, 0.25) is 0 Å². The van der Waals surface area contributed by atoms with Crippen molar-refractivity contribution in [2.45, 2.75) is 6.42 Å². The van der Waals surface area contributed by atoms with Crippen molar-refractivity contribution < 1.29 is 4.74 Å². The molecule has 0 radical (unpaired) electrons. The molecule has 1 rings (SSSR count). The maximum atomic E-state index is 8.54. The molecule has 13 heavy (non-hydrogen) atoms. The Balaban J connectivity index is 3.23. The molecule has 0 aromatic heterocycles. The molecule has 2 nitrogen and oxygen atoms in total. The first-order valence-electron chi connectivity index (χ1n) is 3.58. The van der Waals surface area contributed by atoms with Crippen LogP contribution in [-0.4, -0.2) is 7.11 Å². The van der Waals surface area contributed by atoms with Crippen LogP contribution in [0, 0.1) is 11.3 Å². The van der Waals surface area contributed by atoms with Gasteiger partial charge in [-0.25, -0.2) is 0 Å². The van der Waals surface area contributed by atoms with Crippen molar-refractivity contribution in [2.75, 3.05) is 7.11 Å². The van der Waals surface area contributed by atoms with Gasteiger partial charge in [0.05, 0.1) is 24.6 Å². The van der Waals surface area contributed by atoms with E-state index in [1.165, 1.54) is 7.11 Å². The standard InChI is InChI=1S/C9H7BrClNO/c1-13-9-6(4-5-12)2-3-7(10)8(9)11/h2-3H,4H2,1H3. The van der Waals surface area contributed by atoms with E-state index in [0.29, 0.717) is 17.2 Å². The summed E-state index contributed by atoms with van der Waals surface area (Å²) in [5.74, 6) is 0.567. The van der Waals surface area contributed by atoms with Crippen molar-refractivity contribution in [1.29, 1.82) is 5.26 Å². The van der Waals surface area contributed by atoms with Gasteiger partial charge in [-0.1, -0.05) is 17.7 Å². The predicted molar refractivity (Wildman–Crippen MR) is 55.0 cm³/mol. The average Bonchev–Trinajstić information content (AvgIpc) is 2.12. The van der Waals surface area contributed by atoms with Gasteiger partial charge >= 0.3 is 0 Å². The van der Waals surface area contributed by atoms with Gasteiger partial charge in [0.25, 0.3) is 0 Å². The Morgan fingerprint density at radius 3 is 2.85 bits per heavy atom. The van der Waals surface area contributed by atoms with Gasteiger partial charge in [-0.3, -0.25) is 0 Å². The molecule has 0 aliphatic carbocycles. The maximum Gasteiger partial charge on any atom is 0.142 e. The first-order chi connectivity index (χ1) is 6.20. The van der Waals surface area contributed by atoms with Crippen molar-refractivity contribution in [3.8, 4) is 11.8 Å². The molecular weight excluding hydrogens is 253 g/mol. The zero-order valence-corrected chi connectivity index (χ0v) is 9.32. The molecule has 0 saturated heterocycles. The van der Waals surface area contributed by atoms with Gasteiger partial charge in [0.15, 0.2) is 0 Å². The molecule has 4 heteroatoms. The lowest BCUT2D eigenvalue weighted by molar-refractivity contribution is 0.411. The number of nitriles is 1. The molecule has 1 aromatic rings. The van der Waals surface area contributed by atoms with E-state index >= 15 is 0 Å². The van der Waals surface area contributed by atoms with Crippen LogP contribution in [-0.2, 0) is 6.42 Å².